The van der Waals surface area contributed by atoms with Gasteiger partial charge in [0.1, 0.15) is 0 Å². The largest absolute Gasteiger partial charge is 0.310 e. The van der Waals surface area contributed by atoms with Crippen molar-refractivity contribution < 1.29 is 0 Å². The van der Waals surface area contributed by atoms with E-state index in [1.807, 2.05) is 0 Å². The topological polar surface area (TPSA) is 35.8 Å². The van der Waals surface area contributed by atoms with Crippen LogP contribution >= 0.6 is 27.3 Å². The van der Waals surface area contributed by atoms with Crippen molar-refractivity contribution in [2.24, 2.45) is 5.41 Å². The van der Waals surface area contributed by atoms with E-state index in [0.29, 0.717) is 0 Å². The molecule has 1 saturated carbocycles. The molecule has 2 nitrogen and oxygen atoms in total. The first-order chi connectivity index (χ1) is 6.74. The number of nitrogens with zero attached hydrogens (tertiary/aromatic N) is 1. The molecular formula is C10H11BrN2S. The Hall–Kier alpha value is -0.370. The van der Waals surface area contributed by atoms with E-state index in [1.54, 1.807) is 11.3 Å². The number of halogens is 1. The maximum atomic E-state index is 8.86. The van der Waals surface area contributed by atoms with E-state index in [-0.39, 0.29) is 5.41 Å². The molecule has 0 radical (unpaired) electrons. The zero-order valence-electron chi connectivity index (χ0n) is 7.72. The van der Waals surface area contributed by atoms with Gasteiger partial charge in [-0.2, -0.15) is 5.26 Å². The molecular weight excluding hydrogens is 260 g/mol. The Morgan fingerprint density at radius 2 is 2.43 bits per heavy atom. The maximum Gasteiger partial charge on any atom is 0.0703 e. The van der Waals surface area contributed by atoms with Crippen LogP contribution in [-0.4, -0.2) is 6.54 Å². The van der Waals surface area contributed by atoms with Crippen molar-refractivity contribution >= 4 is 27.3 Å². The fraction of sp³-hybridized carbons (Fsp3) is 0.500. The SMILES string of the molecule is N#CC1(CNCc2cc(Br)cs2)CC1. The molecule has 0 spiro atoms. The Morgan fingerprint density at radius 1 is 1.64 bits per heavy atom. The summed E-state index contributed by atoms with van der Waals surface area (Å²) in [5.41, 5.74) is -0.0332. The maximum absolute atomic E-state index is 8.86. The van der Waals surface area contributed by atoms with E-state index in [0.717, 1.165) is 30.4 Å². The summed E-state index contributed by atoms with van der Waals surface area (Å²) < 4.78 is 1.14. The Labute approximate surface area is 96.1 Å². The van der Waals surface area contributed by atoms with Gasteiger partial charge in [0, 0.05) is 27.8 Å². The minimum atomic E-state index is -0.0332. The number of nitrogens with one attached hydrogen (secondary N) is 1. The number of nitriles is 1. The summed E-state index contributed by atoms with van der Waals surface area (Å²) in [6.45, 7) is 1.71. The molecule has 14 heavy (non-hydrogen) atoms. The third-order valence-electron chi connectivity index (χ3n) is 2.48. The lowest BCUT2D eigenvalue weighted by Crippen LogP contribution is -2.21. The molecule has 0 atom stereocenters. The molecule has 1 aliphatic carbocycles. The van der Waals surface area contributed by atoms with Crippen molar-refractivity contribution in [1.29, 1.82) is 5.26 Å². The standard InChI is InChI=1S/C10H11BrN2S/c11-8-3-9(14-5-8)4-13-7-10(6-12)1-2-10/h3,5,13H,1-2,4,7H2. The molecule has 1 aromatic rings. The third-order valence-corrected chi connectivity index (χ3v) is 4.17. The van der Waals surface area contributed by atoms with Crippen LogP contribution in [0.15, 0.2) is 15.9 Å². The van der Waals surface area contributed by atoms with Crippen molar-refractivity contribution in [3.8, 4) is 6.07 Å². The van der Waals surface area contributed by atoms with Gasteiger partial charge in [-0.15, -0.1) is 11.3 Å². The quantitative estimate of drug-likeness (QED) is 0.914. The van der Waals surface area contributed by atoms with Crippen LogP contribution in [0.2, 0.25) is 0 Å². The Bertz CT molecular complexity index is 362. The fourth-order valence-electron chi connectivity index (χ4n) is 1.35. The van der Waals surface area contributed by atoms with E-state index >= 15 is 0 Å². The Kier molecular flexibility index (Phi) is 2.91. The summed E-state index contributed by atoms with van der Waals surface area (Å²) in [4.78, 5) is 1.31. The van der Waals surface area contributed by atoms with Gasteiger partial charge in [-0.05, 0) is 34.8 Å². The normalized spacial score (nSPS) is 17.7. The number of rotatable bonds is 4. The van der Waals surface area contributed by atoms with Gasteiger partial charge in [-0.3, -0.25) is 0 Å². The summed E-state index contributed by atoms with van der Waals surface area (Å²) in [5, 5.41) is 14.3. The van der Waals surface area contributed by atoms with Gasteiger partial charge in [-0.25, -0.2) is 0 Å². The van der Waals surface area contributed by atoms with Crippen LogP contribution in [0.25, 0.3) is 0 Å². The molecule has 1 aliphatic rings. The molecule has 4 heteroatoms. The van der Waals surface area contributed by atoms with Gasteiger partial charge in [0.15, 0.2) is 0 Å². The fourth-order valence-corrected chi connectivity index (χ4v) is 2.77. The molecule has 1 aromatic heterocycles. The molecule has 0 aliphatic heterocycles. The Morgan fingerprint density at radius 3 is 2.93 bits per heavy atom. The predicted molar refractivity (Wildman–Crippen MR) is 61.0 cm³/mol. The minimum Gasteiger partial charge on any atom is -0.310 e. The van der Waals surface area contributed by atoms with Crippen LogP contribution in [0.4, 0.5) is 0 Å². The van der Waals surface area contributed by atoms with Crippen molar-refractivity contribution in [3.63, 3.8) is 0 Å². The van der Waals surface area contributed by atoms with Gasteiger partial charge in [-0.1, -0.05) is 0 Å². The van der Waals surface area contributed by atoms with Crippen LogP contribution < -0.4 is 5.32 Å². The van der Waals surface area contributed by atoms with Crippen LogP contribution in [0, 0.1) is 16.7 Å². The molecule has 0 unspecified atom stereocenters. The summed E-state index contributed by atoms with van der Waals surface area (Å²) >= 11 is 5.16. The number of hydrogen-bond acceptors (Lipinski definition) is 3. The molecule has 0 aromatic carbocycles. The zero-order valence-corrected chi connectivity index (χ0v) is 10.1. The average molecular weight is 271 g/mol. The zero-order chi connectivity index (χ0) is 10.0. The monoisotopic (exact) mass is 270 g/mol. The van der Waals surface area contributed by atoms with Gasteiger partial charge in [0.25, 0.3) is 0 Å². The summed E-state index contributed by atoms with van der Waals surface area (Å²) in [6.07, 6.45) is 2.12. The van der Waals surface area contributed by atoms with E-state index in [9.17, 15) is 0 Å². The minimum absolute atomic E-state index is 0.0332. The molecule has 0 bridgehead atoms. The van der Waals surface area contributed by atoms with Crippen LogP contribution in [0.5, 0.6) is 0 Å². The van der Waals surface area contributed by atoms with Crippen LogP contribution in [0.3, 0.4) is 0 Å². The molecule has 0 saturated heterocycles. The first-order valence-corrected chi connectivity index (χ1v) is 6.26. The van der Waals surface area contributed by atoms with E-state index in [4.69, 9.17) is 5.26 Å². The number of thiophene rings is 1. The molecule has 1 N–H and O–H groups in total. The summed E-state index contributed by atoms with van der Waals surface area (Å²) in [7, 11) is 0. The smallest absolute Gasteiger partial charge is 0.0703 e. The first kappa shape index (κ1) is 10.2. The first-order valence-electron chi connectivity index (χ1n) is 4.59. The average Bonchev–Trinajstić information content (AvgIpc) is 2.84. The lowest BCUT2D eigenvalue weighted by Gasteiger charge is -2.05. The van der Waals surface area contributed by atoms with Crippen molar-refractivity contribution in [2.75, 3.05) is 6.54 Å². The second-order valence-electron chi connectivity index (χ2n) is 3.73. The molecule has 1 heterocycles. The van der Waals surface area contributed by atoms with E-state index in [2.05, 4.69) is 38.8 Å². The highest BCUT2D eigenvalue weighted by Crippen LogP contribution is 2.44. The lowest BCUT2D eigenvalue weighted by molar-refractivity contribution is 0.561. The third kappa shape index (κ3) is 2.35. The highest BCUT2D eigenvalue weighted by atomic mass is 79.9. The van der Waals surface area contributed by atoms with E-state index in [1.165, 1.54) is 4.88 Å². The van der Waals surface area contributed by atoms with Gasteiger partial charge in [0.2, 0.25) is 0 Å². The molecule has 0 amide bonds. The van der Waals surface area contributed by atoms with Gasteiger partial charge >= 0.3 is 0 Å². The summed E-state index contributed by atoms with van der Waals surface area (Å²) in [6, 6.07) is 4.49. The van der Waals surface area contributed by atoms with Crippen molar-refractivity contribution in [3.05, 3.63) is 20.8 Å². The van der Waals surface area contributed by atoms with Crippen molar-refractivity contribution in [2.45, 2.75) is 19.4 Å². The second-order valence-corrected chi connectivity index (χ2v) is 5.64. The van der Waals surface area contributed by atoms with Gasteiger partial charge < -0.3 is 5.32 Å². The number of hydrogen-bond donors (Lipinski definition) is 1. The van der Waals surface area contributed by atoms with E-state index < -0.39 is 0 Å². The Balaban J connectivity index is 1.76. The highest BCUT2D eigenvalue weighted by molar-refractivity contribution is 9.10. The molecule has 74 valence electrons. The lowest BCUT2D eigenvalue weighted by atomic mass is 10.1. The summed E-state index contributed by atoms with van der Waals surface area (Å²) in [5.74, 6) is 0. The molecule has 1 fully saturated rings. The second kappa shape index (κ2) is 4.01. The molecule has 2 rings (SSSR count). The van der Waals surface area contributed by atoms with Gasteiger partial charge in [0.05, 0.1) is 11.5 Å². The van der Waals surface area contributed by atoms with Crippen LogP contribution in [-0.2, 0) is 6.54 Å². The van der Waals surface area contributed by atoms with Crippen molar-refractivity contribution in [1.82, 2.24) is 5.32 Å². The highest BCUT2D eigenvalue weighted by Gasteiger charge is 2.42. The predicted octanol–water partition coefficient (Wildman–Crippen LogP) is 2.90. The van der Waals surface area contributed by atoms with Crippen LogP contribution in [0.1, 0.15) is 17.7 Å².